The van der Waals surface area contributed by atoms with Gasteiger partial charge in [-0.15, -0.1) is 0 Å². The molecule has 2 nitrogen and oxygen atoms in total. The van der Waals surface area contributed by atoms with Gasteiger partial charge in [0.25, 0.3) is 0 Å². The molecule has 0 amide bonds. The van der Waals surface area contributed by atoms with E-state index in [-0.39, 0.29) is 6.04 Å². The van der Waals surface area contributed by atoms with Crippen molar-refractivity contribution in [3.05, 3.63) is 34.9 Å². The maximum absolute atomic E-state index is 9.68. The smallest absolute Gasteiger partial charge is 0.0706 e. The molecule has 0 radical (unpaired) electrons. The SMILES string of the molecule is CCCNC(c1cccc(Cl)c1)C(C)O. The third kappa shape index (κ3) is 3.82. The van der Waals surface area contributed by atoms with Gasteiger partial charge in [-0.2, -0.15) is 0 Å². The third-order valence-electron chi connectivity index (χ3n) is 2.30. The van der Waals surface area contributed by atoms with Gasteiger partial charge in [-0.3, -0.25) is 0 Å². The van der Waals surface area contributed by atoms with Crippen molar-refractivity contribution in [1.82, 2.24) is 5.32 Å². The van der Waals surface area contributed by atoms with Crippen LogP contribution in [0, 0.1) is 0 Å². The number of benzene rings is 1. The lowest BCUT2D eigenvalue weighted by molar-refractivity contribution is 0.145. The van der Waals surface area contributed by atoms with Crippen molar-refractivity contribution in [3.63, 3.8) is 0 Å². The van der Waals surface area contributed by atoms with Crippen LogP contribution in [0.25, 0.3) is 0 Å². The highest BCUT2D eigenvalue weighted by Gasteiger charge is 2.16. The molecule has 1 aromatic carbocycles. The molecule has 0 aliphatic rings. The standard InChI is InChI=1S/C12H18ClNO/c1-3-7-14-12(9(2)15)10-5-4-6-11(13)8-10/h4-6,8-9,12,14-15H,3,7H2,1-2H3. The Bertz CT molecular complexity index is 301. The fourth-order valence-corrected chi connectivity index (χ4v) is 1.77. The van der Waals surface area contributed by atoms with Crippen LogP contribution < -0.4 is 5.32 Å². The quantitative estimate of drug-likeness (QED) is 0.811. The van der Waals surface area contributed by atoms with E-state index in [0.717, 1.165) is 18.5 Å². The van der Waals surface area contributed by atoms with E-state index in [2.05, 4.69) is 12.2 Å². The Kier molecular flexibility index (Phi) is 5.09. The molecule has 3 heteroatoms. The molecular weight excluding hydrogens is 210 g/mol. The summed E-state index contributed by atoms with van der Waals surface area (Å²) in [6, 6.07) is 7.57. The van der Waals surface area contributed by atoms with E-state index in [4.69, 9.17) is 11.6 Å². The second-order valence-corrected chi connectivity index (χ2v) is 4.16. The van der Waals surface area contributed by atoms with Gasteiger partial charge in [-0.1, -0.05) is 30.7 Å². The zero-order valence-corrected chi connectivity index (χ0v) is 9.96. The number of hydrogen-bond acceptors (Lipinski definition) is 2. The van der Waals surface area contributed by atoms with Crippen LogP contribution in [0.3, 0.4) is 0 Å². The van der Waals surface area contributed by atoms with Gasteiger partial charge in [0.05, 0.1) is 12.1 Å². The summed E-state index contributed by atoms with van der Waals surface area (Å²) in [5.41, 5.74) is 1.03. The van der Waals surface area contributed by atoms with Gasteiger partial charge in [0.2, 0.25) is 0 Å². The molecule has 0 saturated heterocycles. The lowest BCUT2D eigenvalue weighted by atomic mass is 10.0. The number of hydrogen-bond donors (Lipinski definition) is 2. The summed E-state index contributed by atoms with van der Waals surface area (Å²) < 4.78 is 0. The van der Waals surface area contributed by atoms with Gasteiger partial charge in [0.1, 0.15) is 0 Å². The Morgan fingerprint density at radius 3 is 2.73 bits per heavy atom. The number of aliphatic hydroxyl groups is 1. The first-order chi connectivity index (χ1) is 7.15. The van der Waals surface area contributed by atoms with Crippen LogP contribution in [-0.2, 0) is 0 Å². The Hall–Kier alpha value is -0.570. The molecular formula is C12H18ClNO. The molecule has 1 aromatic rings. The molecule has 1 rings (SSSR count). The first kappa shape index (κ1) is 12.5. The van der Waals surface area contributed by atoms with E-state index >= 15 is 0 Å². The van der Waals surface area contributed by atoms with Crippen molar-refractivity contribution < 1.29 is 5.11 Å². The maximum atomic E-state index is 9.68. The molecule has 0 fully saturated rings. The van der Waals surface area contributed by atoms with Crippen LogP contribution in [0.4, 0.5) is 0 Å². The summed E-state index contributed by atoms with van der Waals surface area (Å²) in [7, 11) is 0. The van der Waals surface area contributed by atoms with E-state index in [0.29, 0.717) is 5.02 Å². The minimum absolute atomic E-state index is 0.0383. The van der Waals surface area contributed by atoms with Crippen molar-refractivity contribution in [2.75, 3.05) is 6.54 Å². The summed E-state index contributed by atoms with van der Waals surface area (Å²) in [4.78, 5) is 0. The van der Waals surface area contributed by atoms with Gasteiger partial charge in [0.15, 0.2) is 0 Å². The molecule has 0 aliphatic heterocycles. The normalized spacial score (nSPS) is 14.9. The van der Waals surface area contributed by atoms with E-state index in [9.17, 15) is 5.11 Å². The molecule has 2 atom stereocenters. The molecule has 0 heterocycles. The van der Waals surface area contributed by atoms with Gasteiger partial charge in [-0.05, 0) is 37.6 Å². The van der Waals surface area contributed by atoms with Gasteiger partial charge in [0, 0.05) is 5.02 Å². The monoisotopic (exact) mass is 227 g/mol. The zero-order valence-electron chi connectivity index (χ0n) is 9.20. The largest absolute Gasteiger partial charge is 0.391 e. The minimum Gasteiger partial charge on any atom is -0.391 e. The predicted octanol–water partition coefficient (Wildman–Crippen LogP) is 2.76. The number of nitrogens with one attached hydrogen (secondary N) is 1. The van der Waals surface area contributed by atoms with Crippen molar-refractivity contribution in [2.24, 2.45) is 0 Å². The van der Waals surface area contributed by atoms with Crippen molar-refractivity contribution in [1.29, 1.82) is 0 Å². The fourth-order valence-electron chi connectivity index (χ4n) is 1.57. The topological polar surface area (TPSA) is 32.3 Å². The summed E-state index contributed by atoms with van der Waals surface area (Å²) in [6.45, 7) is 4.78. The second kappa shape index (κ2) is 6.11. The molecule has 2 N–H and O–H groups in total. The molecule has 84 valence electrons. The third-order valence-corrected chi connectivity index (χ3v) is 2.54. The van der Waals surface area contributed by atoms with Crippen LogP contribution in [-0.4, -0.2) is 17.8 Å². The molecule has 0 spiro atoms. The highest BCUT2D eigenvalue weighted by atomic mass is 35.5. The summed E-state index contributed by atoms with van der Waals surface area (Å²) in [5.74, 6) is 0. The van der Waals surface area contributed by atoms with Crippen LogP contribution in [0.5, 0.6) is 0 Å². The minimum atomic E-state index is -0.421. The molecule has 0 aromatic heterocycles. The van der Waals surface area contributed by atoms with Crippen LogP contribution in [0.1, 0.15) is 31.9 Å². The van der Waals surface area contributed by atoms with Crippen LogP contribution in [0.2, 0.25) is 5.02 Å². The Labute approximate surface area is 96.3 Å². The Morgan fingerprint density at radius 2 is 2.20 bits per heavy atom. The molecule has 0 saturated carbocycles. The molecule has 15 heavy (non-hydrogen) atoms. The molecule has 2 unspecified atom stereocenters. The highest BCUT2D eigenvalue weighted by molar-refractivity contribution is 6.30. The zero-order chi connectivity index (χ0) is 11.3. The number of halogens is 1. The number of rotatable bonds is 5. The van der Waals surface area contributed by atoms with Gasteiger partial charge < -0.3 is 10.4 Å². The lowest BCUT2D eigenvalue weighted by Gasteiger charge is -2.21. The Balaban J connectivity index is 2.79. The average Bonchev–Trinajstić information content (AvgIpc) is 2.18. The van der Waals surface area contributed by atoms with Crippen molar-refractivity contribution in [2.45, 2.75) is 32.4 Å². The fraction of sp³-hybridized carbons (Fsp3) is 0.500. The Morgan fingerprint density at radius 1 is 1.47 bits per heavy atom. The molecule has 0 bridgehead atoms. The van der Waals surface area contributed by atoms with Crippen LogP contribution in [0.15, 0.2) is 24.3 Å². The van der Waals surface area contributed by atoms with E-state index in [1.807, 2.05) is 24.3 Å². The van der Waals surface area contributed by atoms with Gasteiger partial charge >= 0.3 is 0 Å². The second-order valence-electron chi connectivity index (χ2n) is 3.73. The maximum Gasteiger partial charge on any atom is 0.0706 e. The number of aliphatic hydroxyl groups excluding tert-OH is 1. The van der Waals surface area contributed by atoms with E-state index in [1.165, 1.54) is 0 Å². The van der Waals surface area contributed by atoms with Crippen molar-refractivity contribution in [3.8, 4) is 0 Å². The average molecular weight is 228 g/mol. The van der Waals surface area contributed by atoms with Gasteiger partial charge in [-0.25, -0.2) is 0 Å². The first-order valence-corrected chi connectivity index (χ1v) is 5.70. The van der Waals surface area contributed by atoms with E-state index < -0.39 is 6.10 Å². The summed E-state index contributed by atoms with van der Waals surface area (Å²) in [5, 5.41) is 13.7. The van der Waals surface area contributed by atoms with Crippen LogP contribution >= 0.6 is 11.6 Å². The summed E-state index contributed by atoms with van der Waals surface area (Å²) in [6.07, 6.45) is 0.624. The molecule has 0 aliphatic carbocycles. The van der Waals surface area contributed by atoms with Crippen molar-refractivity contribution >= 4 is 11.6 Å². The lowest BCUT2D eigenvalue weighted by Crippen LogP contribution is -2.30. The predicted molar refractivity (Wildman–Crippen MR) is 64.2 cm³/mol. The van der Waals surface area contributed by atoms with E-state index in [1.54, 1.807) is 6.92 Å². The first-order valence-electron chi connectivity index (χ1n) is 5.32. The summed E-state index contributed by atoms with van der Waals surface area (Å²) >= 11 is 5.92. The highest BCUT2D eigenvalue weighted by Crippen LogP contribution is 2.20.